The number of carbonyl (C=O) groups excluding carboxylic acids is 1. The van der Waals surface area contributed by atoms with Gasteiger partial charge in [-0.25, -0.2) is 0 Å². The molecule has 6 heteroatoms. The summed E-state index contributed by atoms with van der Waals surface area (Å²) in [5.74, 6) is -0.281. The molecule has 4 atom stereocenters. The van der Waals surface area contributed by atoms with Crippen LogP contribution in [0.25, 0.3) is 0 Å². The number of carbonyl (C=O) groups is 1. The molecule has 0 heterocycles. The maximum absolute atomic E-state index is 12.2. The molecule has 1 fully saturated rings. The van der Waals surface area contributed by atoms with E-state index in [4.69, 9.17) is 17.0 Å². The predicted molar refractivity (Wildman–Crippen MR) is 117 cm³/mol. The summed E-state index contributed by atoms with van der Waals surface area (Å²) in [7, 11) is 1.74. The summed E-state index contributed by atoms with van der Waals surface area (Å²) in [5.41, 5.74) is 0. The third kappa shape index (κ3) is 9.80. The highest BCUT2D eigenvalue weighted by atomic mass is 32.1. The molecule has 0 radical (unpaired) electrons. The van der Waals surface area contributed by atoms with Crippen LogP contribution in [0.3, 0.4) is 0 Å². The molecule has 1 aliphatic rings. The van der Waals surface area contributed by atoms with Crippen LogP contribution in [-0.4, -0.2) is 47.0 Å². The summed E-state index contributed by atoms with van der Waals surface area (Å²) in [6.45, 7) is 2.74. The van der Waals surface area contributed by atoms with Crippen LogP contribution in [-0.2, 0) is 9.53 Å². The second kappa shape index (κ2) is 14.7. The van der Waals surface area contributed by atoms with Gasteiger partial charge in [-0.05, 0) is 44.3 Å². The molecule has 0 aliphatic heterocycles. The van der Waals surface area contributed by atoms with E-state index in [2.05, 4.69) is 18.3 Å². The molecule has 28 heavy (non-hydrogen) atoms. The molecule has 0 spiro atoms. The third-order valence-electron chi connectivity index (χ3n) is 5.15. The average Bonchev–Trinajstić information content (AvgIpc) is 2.94. The van der Waals surface area contributed by atoms with Crippen LogP contribution in [0.1, 0.15) is 64.7 Å². The summed E-state index contributed by atoms with van der Waals surface area (Å²) in [4.78, 5) is 12.2. The first kappa shape index (κ1) is 24.8. The van der Waals surface area contributed by atoms with Gasteiger partial charge in [-0.3, -0.25) is 4.79 Å². The number of hydrogen-bond donors (Lipinski definition) is 3. The Hall–Kier alpha value is -1.24. The molecule has 0 unspecified atom stereocenters. The summed E-state index contributed by atoms with van der Waals surface area (Å²) < 4.78 is 5.29. The fourth-order valence-electron chi connectivity index (χ4n) is 3.45. The molecule has 0 amide bonds. The number of thiocarbonyl (C=S) groups is 1. The van der Waals surface area contributed by atoms with Crippen LogP contribution in [0.15, 0.2) is 24.3 Å². The third-order valence-corrected chi connectivity index (χ3v) is 5.47. The molecule has 0 aromatic rings. The second-order valence-electron chi connectivity index (χ2n) is 7.46. The zero-order chi connectivity index (χ0) is 20.8. The monoisotopic (exact) mass is 411 g/mol. The van der Waals surface area contributed by atoms with Gasteiger partial charge >= 0.3 is 0 Å². The maximum atomic E-state index is 12.2. The smallest absolute Gasteiger partial charge is 0.256 e. The minimum Gasteiger partial charge on any atom is -0.471 e. The Labute approximate surface area is 175 Å². The highest BCUT2D eigenvalue weighted by molar-refractivity contribution is 7.80. The number of rotatable bonds is 13. The lowest BCUT2D eigenvalue weighted by Gasteiger charge is -2.16. The van der Waals surface area contributed by atoms with Crippen LogP contribution in [0.5, 0.6) is 0 Å². The van der Waals surface area contributed by atoms with Crippen molar-refractivity contribution in [3.8, 4) is 0 Å². The Morgan fingerprint density at radius 3 is 2.82 bits per heavy atom. The second-order valence-corrected chi connectivity index (χ2v) is 7.83. The molecule has 3 N–H and O–H groups in total. The van der Waals surface area contributed by atoms with Crippen molar-refractivity contribution >= 4 is 23.2 Å². The van der Waals surface area contributed by atoms with E-state index in [0.29, 0.717) is 18.2 Å². The Morgan fingerprint density at radius 1 is 1.32 bits per heavy atom. The molecule has 1 aliphatic carbocycles. The van der Waals surface area contributed by atoms with Gasteiger partial charge < -0.3 is 20.3 Å². The molecular weight excluding hydrogens is 374 g/mol. The van der Waals surface area contributed by atoms with Gasteiger partial charge in [-0.1, -0.05) is 50.5 Å². The average molecular weight is 412 g/mol. The Kier molecular flexibility index (Phi) is 13.0. The molecule has 5 nitrogen and oxygen atoms in total. The first-order valence-corrected chi connectivity index (χ1v) is 11.0. The first-order valence-electron chi connectivity index (χ1n) is 10.6. The van der Waals surface area contributed by atoms with E-state index in [9.17, 15) is 15.0 Å². The van der Waals surface area contributed by atoms with E-state index in [1.54, 1.807) is 13.1 Å². The van der Waals surface area contributed by atoms with Gasteiger partial charge in [0.2, 0.25) is 0 Å². The summed E-state index contributed by atoms with van der Waals surface area (Å²) in [6.07, 6.45) is 14.3. The zero-order valence-electron chi connectivity index (χ0n) is 17.3. The summed E-state index contributed by atoms with van der Waals surface area (Å²) in [5, 5.41) is 23.5. The van der Waals surface area contributed by atoms with Gasteiger partial charge in [0.15, 0.2) is 0 Å². The van der Waals surface area contributed by atoms with Crippen molar-refractivity contribution in [2.24, 2.45) is 11.8 Å². The fourth-order valence-corrected chi connectivity index (χ4v) is 3.53. The normalized spacial score (nSPS) is 23.6. The van der Waals surface area contributed by atoms with Crippen LogP contribution in [0, 0.1) is 11.8 Å². The van der Waals surface area contributed by atoms with Crippen molar-refractivity contribution in [3.05, 3.63) is 24.3 Å². The van der Waals surface area contributed by atoms with Gasteiger partial charge in [0.1, 0.15) is 5.78 Å². The van der Waals surface area contributed by atoms with Gasteiger partial charge in [-0.2, -0.15) is 0 Å². The van der Waals surface area contributed by atoms with Gasteiger partial charge in [0.05, 0.1) is 18.8 Å². The molecule has 1 saturated carbocycles. The molecule has 1 rings (SSSR count). The van der Waals surface area contributed by atoms with Crippen molar-refractivity contribution in [1.82, 2.24) is 5.32 Å². The number of ether oxygens (including phenoxy) is 1. The Bertz CT molecular complexity index is 521. The molecular formula is C22H37NO4S. The van der Waals surface area contributed by atoms with Crippen LogP contribution in [0.4, 0.5) is 0 Å². The number of allylic oxidation sites excluding steroid dienone is 2. The SMILES string of the molecule is CCCCC[C@H](O)/C=C/[C@H]1[C@H](O)CC(=O)[C@@H]1C/C=C\CCCCOC(=S)NC. The largest absolute Gasteiger partial charge is 0.471 e. The van der Waals surface area contributed by atoms with Crippen molar-refractivity contribution in [2.45, 2.75) is 76.9 Å². The van der Waals surface area contributed by atoms with Crippen LogP contribution >= 0.6 is 12.2 Å². The molecule has 0 bridgehead atoms. The number of nitrogens with one attached hydrogen (secondary N) is 1. The van der Waals surface area contributed by atoms with Crippen LogP contribution in [0.2, 0.25) is 0 Å². The number of Topliss-reactive ketones (excluding diaryl/α,β-unsaturated/α-hetero) is 1. The standard InChI is InChI=1S/C22H37NO4S/c1-3-4-8-11-17(24)13-14-19-18(20(25)16-21(19)26)12-9-6-5-7-10-15-27-22(28)23-2/h6,9,13-14,17-19,21,24,26H,3-5,7-8,10-12,15-16H2,1-2H3,(H,23,28)/b9-6-,14-13+/t17-,18+,19+,21+/m0/s1. The predicted octanol–water partition coefficient (Wildman–Crippen LogP) is 3.69. The fraction of sp³-hybridized carbons (Fsp3) is 0.727. The van der Waals surface area contributed by atoms with E-state index >= 15 is 0 Å². The van der Waals surface area contributed by atoms with Crippen molar-refractivity contribution in [2.75, 3.05) is 13.7 Å². The van der Waals surface area contributed by atoms with E-state index < -0.39 is 12.2 Å². The molecule has 0 aromatic carbocycles. The van der Waals surface area contributed by atoms with Crippen molar-refractivity contribution < 1.29 is 19.7 Å². The number of hydrogen-bond acceptors (Lipinski definition) is 5. The van der Waals surface area contributed by atoms with E-state index in [-0.39, 0.29) is 24.0 Å². The van der Waals surface area contributed by atoms with Crippen LogP contribution < -0.4 is 5.32 Å². The number of ketones is 1. The first-order chi connectivity index (χ1) is 13.5. The summed E-state index contributed by atoms with van der Waals surface area (Å²) >= 11 is 4.91. The van der Waals surface area contributed by atoms with Gasteiger partial charge in [0.25, 0.3) is 5.17 Å². The number of aliphatic hydroxyl groups excluding tert-OH is 2. The Morgan fingerprint density at radius 2 is 2.11 bits per heavy atom. The lowest BCUT2D eigenvalue weighted by molar-refractivity contribution is -0.121. The minimum atomic E-state index is -0.641. The molecule has 0 saturated heterocycles. The van der Waals surface area contributed by atoms with Gasteiger partial charge in [-0.15, -0.1) is 0 Å². The maximum Gasteiger partial charge on any atom is 0.256 e. The summed E-state index contributed by atoms with van der Waals surface area (Å²) in [6, 6.07) is 0. The van der Waals surface area contributed by atoms with Crippen molar-refractivity contribution in [1.29, 1.82) is 0 Å². The van der Waals surface area contributed by atoms with Gasteiger partial charge in [0, 0.05) is 25.3 Å². The molecule has 160 valence electrons. The van der Waals surface area contributed by atoms with E-state index in [1.165, 1.54) is 0 Å². The lowest BCUT2D eigenvalue weighted by atomic mass is 9.90. The quantitative estimate of drug-likeness (QED) is 0.244. The lowest BCUT2D eigenvalue weighted by Crippen LogP contribution is -2.19. The van der Waals surface area contributed by atoms with E-state index in [0.717, 1.165) is 44.9 Å². The molecule has 0 aromatic heterocycles. The highest BCUT2D eigenvalue weighted by Gasteiger charge is 2.39. The topological polar surface area (TPSA) is 78.8 Å². The minimum absolute atomic E-state index is 0.112. The van der Waals surface area contributed by atoms with Crippen molar-refractivity contribution in [3.63, 3.8) is 0 Å². The zero-order valence-corrected chi connectivity index (χ0v) is 18.1. The van der Waals surface area contributed by atoms with E-state index in [1.807, 2.05) is 12.2 Å². The Balaban J connectivity index is 2.36. The highest BCUT2D eigenvalue weighted by Crippen LogP contribution is 2.33. The number of aliphatic hydroxyl groups is 2. The number of unbranched alkanes of at least 4 members (excludes halogenated alkanes) is 4.